The van der Waals surface area contributed by atoms with E-state index in [2.05, 4.69) is 10.0 Å². The molecule has 3 aromatic carbocycles. The Bertz CT molecular complexity index is 1150. The van der Waals surface area contributed by atoms with Gasteiger partial charge >= 0.3 is 0 Å². The summed E-state index contributed by atoms with van der Waals surface area (Å²) in [6.07, 6.45) is 0. The highest BCUT2D eigenvalue weighted by atomic mass is 32.2. The molecular formula is C23H24N2O5S. The van der Waals surface area contributed by atoms with Gasteiger partial charge in [-0.15, -0.1) is 0 Å². The molecule has 31 heavy (non-hydrogen) atoms. The second kappa shape index (κ2) is 10.1. The van der Waals surface area contributed by atoms with Crippen LogP contribution in [0.3, 0.4) is 0 Å². The summed E-state index contributed by atoms with van der Waals surface area (Å²) in [7, 11) is -2.43. The number of carbonyl (C=O) groups excluding carboxylic acids is 1. The summed E-state index contributed by atoms with van der Waals surface area (Å²) < 4.78 is 39.1. The SMILES string of the molecule is CCNC(=O)c1cc(S(=O)(=O)NCc2cccc(Oc3ccccc3)c2)ccc1OC. The highest BCUT2D eigenvalue weighted by Gasteiger charge is 2.19. The Morgan fingerprint density at radius 3 is 2.39 bits per heavy atom. The summed E-state index contributed by atoms with van der Waals surface area (Å²) in [4.78, 5) is 12.2. The Morgan fingerprint density at radius 1 is 0.935 bits per heavy atom. The van der Waals surface area contributed by atoms with Crippen LogP contribution < -0.4 is 19.5 Å². The molecule has 0 unspecified atom stereocenters. The van der Waals surface area contributed by atoms with E-state index in [1.807, 2.05) is 30.3 Å². The zero-order valence-electron chi connectivity index (χ0n) is 17.3. The van der Waals surface area contributed by atoms with Gasteiger partial charge < -0.3 is 14.8 Å². The van der Waals surface area contributed by atoms with Gasteiger partial charge in [-0.25, -0.2) is 13.1 Å². The van der Waals surface area contributed by atoms with Gasteiger partial charge in [0.05, 0.1) is 17.6 Å². The molecule has 7 nitrogen and oxygen atoms in total. The number of hydrogen-bond donors (Lipinski definition) is 2. The standard InChI is InChI=1S/C23H24N2O5S/c1-3-24-23(26)21-15-20(12-13-22(21)29-2)31(27,28)25-16-17-8-7-11-19(14-17)30-18-9-5-4-6-10-18/h4-15,25H,3,16H2,1-2H3,(H,24,26). The third-order valence-corrected chi connectivity index (χ3v) is 5.81. The summed E-state index contributed by atoms with van der Waals surface area (Å²) in [5, 5.41) is 2.65. The number of nitrogens with one attached hydrogen (secondary N) is 2. The van der Waals surface area contributed by atoms with E-state index in [4.69, 9.17) is 9.47 Å². The molecule has 1 amide bonds. The first-order valence-corrected chi connectivity index (χ1v) is 11.2. The number of sulfonamides is 1. The van der Waals surface area contributed by atoms with Crippen molar-refractivity contribution in [2.45, 2.75) is 18.4 Å². The van der Waals surface area contributed by atoms with Crippen LogP contribution in [0.1, 0.15) is 22.8 Å². The molecule has 0 spiro atoms. The molecule has 0 heterocycles. The molecule has 3 rings (SSSR count). The van der Waals surface area contributed by atoms with E-state index < -0.39 is 15.9 Å². The third-order valence-electron chi connectivity index (χ3n) is 4.41. The monoisotopic (exact) mass is 440 g/mol. The molecule has 0 aliphatic heterocycles. The van der Waals surface area contributed by atoms with Crippen molar-refractivity contribution in [3.63, 3.8) is 0 Å². The summed E-state index contributed by atoms with van der Waals surface area (Å²) in [6.45, 7) is 2.26. The van der Waals surface area contributed by atoms with Crippen molar-refractivity contribution in [2.75, 3.05) is 13.7 Å². The molecule has 0 fully saturated rings. The Labute approximate surface area is 182 Å². The summed E-state index contributed by atoms with van der Waals surface area (Å²) in [5.74, 6) is 1.19. The number of methoxy groups -OCH3 is 1. The minimum Gasteiger partial charge on any atom is -0.496 e. The molecule has 8 heteroatoms. The first kappa shape index (κ1) is 22.3. The van der Waals surface area contributed by atoms with Crippen molar-refractivity contribution in [1.82, 2.24) is 10.0 Å². The average molecular weight is 441 g/mol. The van der Waals surface area contributed by atoms with Gasteiger partial charge in [-0.3, -0.25) is 4.79 Å². The molecule has 0 saturated heterocycles. The smallest absolute Gasteiger partial charge is 0.255 e. The number of amides is 1. The van der Waals surface area contributed by atoms with Crippen molar-refractivity contribution in [2.24, 2.45) is 0 Å². The third kappa shape index (κ3) is 5.84. The van der Waals surface area contributed by atoms with E-state index in [0.717, 1.165) is 5.56 Å². The maximum absolute atomic E-state index is 12.8. The number of benzene rings is 3. The van der Waals surface area contributed by atoms with Gasteiger partial charge in [-0.1, -0.05) is 30.3 Å². The fraction of sp³-hybridized carbons (Fsp3) is 0.174. The van der Waals surface area contributed by atoms with E-state index in [-0.39, 0.29) is 17.0 Å². The number of ether oxygens (including phenoxy) is 2. The van der Waals surface area contributed by atoms with Crippen LogP contribution in [0.5, 0.6) is 17.2 Å². The van der Waals surface area contributed by atoms with Gasteiger partial charge in [-0.05, 0) is 55.0 Å². The fourth-order valence-corrected chi connectivity index (χ4v) is 3.94. The topological polar surface area (TPSA) is 93.7 Å². The van der Waals surface area contributed by atoms with Crippen molar-refractivity contribution < 1.29 is 22.7 Å². The highest BCUT2D eigenvalue weighted by molar-refractivity contribution is 7.89. The summed E-state index contributed by atoms with van der Waals surface area (Å²) in [5.41, 5.74) is 0.889. The largest absolute Gasteiger partial charge is 0.496 e. The predicted octanol–water partition coefficient (Wildman–Crippen LogP) is 3.72. The molecule has 2 N–H and O–H groups in total. The number of carbonyl (C=O) groups is 1. The zero-order chi connectivity index (χ0) is 22.3. The molecule has 0 bridgehead atoms. The van der Waals surface area contributed by atoms with Crippen LogP contribution in [0.15, 0.2) is 77.7 Å². The quantitative estimate of drug-likeness (QED) is 0.529. The van der Waals surface area contributed by atoms with Gasteiger partial charge in [-0.2, -0.15) is 0 Å². The minimum absolute atomic E-state index is 0.0220. The Hall–Kier alpha value is -3.36. The van der Waals surface area contributed by atoms with Crippen molar-refractivity contribution in [1.29, 1.82) is 0 Å². The lowest BCUT2D eigenvalue weighted by atomic mass is 10.2. The molecule has 0 aliphatic rings. The summed E-state index contributed by atoms with van der Waals surface area (Å²) in [6, 6.07) is 20.7. The van der Waals surface area contributed by atoms with E-state index >= 15 is 0 Å². The van der Waals surface area contributed by atoms with Gasteiger partial charge in [0.25, 0.3) is 5.91 Å². The Morgan fingerprint density at radius 2 is 1.68 bits per heavy atom. The zero-order valence-corrected chi connectivity index (χ0v) is 18.1. The number of rotatable bonds is 9. The second-order valence-corrected chi connectivity index (χ2v) is 8.38. The first-order chi connectivity index (χ1) is 14.9. The summed E-state index contributed by atoms with van der Waals surface area (Å²) >= 11 is 0. The van der Waals surface area contributed by atoms with Crippen LogP contribution in [-0.2, 0) is 16.6 Å². The molecule has 0 saturated carbocycles. The van der Waals surface area contributed by atoms with Crippen LogP contribution in [-0.4, -0.2) is 28.0 Å². The van der Waals surface area contributed by atoms with Crippen LogP contribution in [0.2, 0.25) is 0 Å². The van der Waals surface area contributed by atoms with Crippen molar-refractivity contribution >= 4 is 15.9 Å². The highest BCUT2D eigenvalue weighted by Crippen LogP contribution is 2.24. The molecule has 3 aromatic rings. The van der Waals surface area contributed by atoms with E-state index in [1.165, 1.54) is 25.3 Å². The maximum Gasteiger partial charge on any atom is 0.255 e. The normalized spacial score (nSPS) is 11.0. The predicted molar refractivity (Wildman–Crippen MR) is 118 cm³/mol. The molecule has 162 valence electrons. The van der Waals surface area contributed by atoms with Crippen LogP contribution in [0.25, 0.3) is 0 Å². The molecule has 0 atom stereocenters. The van der Waals surface area contributed by atoms with E-state index in [0.29, 0.717) is 23.8 Å². The van der Waals surface area contributed by atoms with Gasteiger partial charge in [0.2, 0.25) is 10.0 Å². The van der Waals surface area contributed by atoms with Crippen LogP contribution >= 0.6 is 0 Å². The van der Waals surface area contributed by atoms with Crippen LogP contribution in [0.4, 0.5) is 0 Å². The fourth-order valence-electron chi connectivity index (χ4n) is 2.89. The Balaban J connectivity index is 1.75. The minimum atomic E-state index is -3.85. The average Bonchev–Trinajstić information content (AvgIpc) is 2.78. The number of hydrogen-bond acceptors (Lipinski definition) is 5. The molecular weight excluding hydrogens is 416 g/mol. The maximum atomic E-state index is 12.8. The first-order valence-electron chi connectivity index (χ1n) is 9.70. The second-order valence-electron chi connectivity index (χ2n) is 6.61. The van der Waals surface area contributed by atoms with Crippen molar-refractivity contribution in [3.8, 4) is 17.2 Å². The Kier molecular flexibility index (Phi) is 7.28. The molecule has 0 radical (unpaired) electrons. The molecule has 0 aromatic heterocycles. The molecule has 0 aliphatic carbocycles. The van der Waals surface area contributed by atoms with Crippen LogP contribution in [0, 0.1) is 0 Å². The lowest BCUT2D eigenvalue weighted by molar-refractivity contribution is 0.0952. The van der Waals surface area contributed by atoms with Crippen molar-refractivity contribution in [3.05, 3.63) is 83.9 Å². The van der Waals surface area contributed by atoms with Gasteiger partial charge in [0.1, 0.15) is 17.2 Å². The van der Waals surface area contributed by atoms with E-state index in [9.17, 15) is 13.2 Å². The van der Waals surface area contributed by atoms with Gasteiger partial charge in [0.15, 0.2) is 0 Å². The lowest BCUT2D eigenvalue weighted by Crippen LogP contribution is -2.26. The van der Waals surface area contributed by atoms with E-state index in [1.54, 1.807) is 31.2 Å². The number of para-hydroxylation sites is 1. The lowest BCUT2D eigenvalue weighted by Gasteiger charge is -2.12. The van der Waals surface area contributed by atoms with Gasteiger partial charge in [0, 0.05) is 13.1 Å².